The van der Waals surface area contributed by atoms with Crippen molar-refractivity contribution in [1.29, 1.82) is 0 Å². The minimum atomic E-state index is -0.0173. The fourth-order valence-electron chi connectivity index (χ4n) is 2.37. The van der Waals surface area contributed by atoms with Crippen LogP contribution in [0.25, 0.3) is 0 Å². The van der Waals surface area contributed by atoms with Gasteiger partial charge < -0.3 is 4.74 Å². The third-order valence-corrected chi connectivity index (χ3v) is 4.81. The second-order valence-electron chi connectivity index (χ2n) is 3.98. The summed E-state index contributed by atoms with van der Waals surface area (Å²) in [5.41, 5.74) is 1.23. The molecule has 2 aliphatic rings. The highest BCUT2D eigenvalue weighted by atomic mass is 79.9. The molecule has 0 bridgehead atoms. The van der Waals surface area contributed by atoms with E-state index in [0.29, 0.717) is 6.10 Å². The highest BCUT2D eigenvalue weighted by molar-refractivity contribution is 9.10. The number of hydrogen-bond donors (Lipinski definition) is 0. The Morgan fingerprint density at radius 1 is 1.80 bits per heavy atom. The lowest BCUT2D eigenvalue weighted by Gasteiger charge is -2.18. The van der Waals surface area contributed by atoms with Gasteiger partial charge in [0.1, 0.15) is 11.7 Å². The number of aromatic nitrogens is 2. The Labute approximate surface area is 102 Å². The van der Waals surface area contributed by atoms with Gasteiger partial charge in [0.2, 0.25) is 0 Å². The molecule has 0 aromatic carbocycles. The maximum Gasteiger partial charge on any atom is 0.139 e. The minimum Gasteiger partial charge on any atom is -0.358 e. The first-order valence-electron chi connectivity index (χ1n) is 5.25. The molecule has 0 aliphatic carbocycles. The molecule has 2 atom stereocenters. The number of epoxide rings is 1. The number of aryl methyl sites for hydroxylation is 1. The van der Waals surface area contributed by atoms with Crippen LogP contribution in [0.1, 0.15) is 19.0 Å². The molecule has 3 heterocycles. The van der Waals surface area contributed by atoms with E-state index >= 15 is 0 Å². The van der Waals surface area contributed by atoms with Crippen molar-refractivity contribution in [1.82, 2.24) is 9.78 Å². The van der Waals surface area contributed by atoms with Gasteiger partial charge in [-0.3, -0.25) is 4.68 Å². The molecular formula is C10H13BrN2OS. The molecule has 3 nitrogen and oxygen atoms in total. The zero-order valence-corrected chi connectivity index (χ0v) is 11.0. The molecule has 0 amide bonds. The van der Waals surface area contributed by atoms with E-state index in [1.807, 2.05) is 18.0 Å². The number of rotatable bonds is 2. The lowest BCUT2D eigenvalue weighted by molar-refractivity contribution is 0.281. The van der Waals surface area contributed by atoms with Gasteiger partial charge in [-0.25, -0.2) is 0 Å². The quantitative estimate of drug-likeness (QED) is 0.783. The third-order valence-electron chi connectivity index (χ3n) is 3.20. The van der Waals surface area contributed by atoms with Crippen LogP contribution in [-0.2, 0) is 16.9 Å². The van der Waals surface area contributed by atoms with Crippen LogP contribution >= 0.6 is 27.7 Å². The van der Waals surface area contributed by atoms with Crippen LogP contribution < -0.4 is 0 Å². The minimum absolute atomic E-state index is 0.0173. The Hall–Kier alpha value is -0.0000000000000000763. The molecule has 2 saturated heterocycles. The molecule has 3 rings (SSSR count). The van der Waals surface area contributed by atoms with E-state index in [9.17, 15) is 0 Å². The van der Waals surface area contributed by atoms with Crippen LogP contribution in [-0.4, -0.2) is 27.4 Å². The normalized spacial score (nSPS) is 33.9. The Balaban J connectivity index is 2.01. The Bertz CT molecular complexity index is 395. The summed E-state index contributed by atoms with van der Waals surface area (Å²) >= 11 is 5.58. The smallest absolute Gasteiger partial charge is 0.139 e. The van der Waals surface area contributed by atoms with Gasteiger partial charge in [0.05, 0.1) is 16.4 Å². The summed E-state index contributed by atoms with van der Waals surface area (Å²) in [7, 11) is 0. The van der Waals surface area contributed by atoms with Crippen molar-refractivity contribution in [3.8, 4) is 0 Å². The summed E-state index contributed by atoms with van der Waals surface area (Å²) < 4.78 is 9.07. The Morgan fingerprint density at radius 2 is 2.67 bits per heavy atom. The molecule has 0 saturated carbocycles. The van der Waals surface area contributed by atoms with E-state index in [4.69, 9.17) is 4.74 Å². The molecule has 0 spiro atoms. The molecule has 1 aromatic rings. The van der Waals surface area contributed by atoms with Crippen LogP contribution in [0, 0.1) is 0 Å². The monoisotopic (exact) mass is 288 g/mol. The van der Waals surface area contributed by atoms with E-state index in [1.54, 1.807) is 0 Å². The molecule has 0 radical (unpaired) electrons. The van der Waals surface area contributed by atoms with Crippen LogP contribution in [0.3, 0.4) is 0 Å². The highest BCUT2D eigenvalue weighted by Crippen LogP contribution is 2.55. The van der Waals surface area contributed by atoms with Crippen LogP contribution in [0.2, 0.25) is 0 Å². The SMILES string of the molecule is CCn1ncc(Br)c1[C@@]12CCSC[C@@H]1O2. The summed E-state index contributed by atoms with van der Waals surface area (Å²) in [6.07, 6.45) is 3.41. The van der Waals surface area contributed by atoms with Gasteiger partial charge in [0, 0.05) is 12.3 Å². The first-order valence-corrected chi connectivity index (χ1v) is 7.20. The number of hydrogen-bond acceptors (Lipinski definition) is 3. The molecule has 5 heteroatoms. The first kappa shape index (κ1) is 10.2. The topological polar surface area (TPSA) is 30.4 Å². The first-order chi connectivity index (χ1) is 7.28. The van der Waals surface area contributed by atoms with Gasteiger partial charge in [0.25, 0.3) is 0 Å². The second kappa shape index (κ2) is 3.50. The molecule has 82 valence electrons. The third kappa shape index (κ3) is 1.40. The van der Waals surface area contributed by atoms with Gasteiger partial charge in [-0.2, -0.15) is 16.9 Å². The van der Waals surface area contributed by atoms with Crippen molar-refractivity contribution in [2.75, 3.05) is 11.5 Å². The number of fused-ring (bicyclic) bond motifs is 1. The van der Waals surface area contributed by atoms with Gasteiger partial charge >= 0.3 is 0 Å². The van der Waals surface area contributed by atoms with E-state index in [0.717, 1.165) is 23.2 Å². The number of thioether (sulfide) groups is 1. The van der Waals surface area contributed by atoms with Gasteiger partial charge in [-0.1, -0.05) is 0 Å². The lowest BCUT2D eigenvalue weighted by atomic mass is 9.98. The number of halogens is 1. The maximum atomic E-state index is 5.92. The highest BCUT2D eigenvalue weighted by Gasteiger charge is 2.61. The van der Waals surface area contributed by atoms with Crippen LogP contribution in [0.4, 0.5) is 0 Å². The summed E-state index contributed by atoms with van der Waals surface area (Å²) in [6, 6.07) is 0. The van der Waals surface area contributed by atoms with Crippen LogP contribution in [0.15, 0.2) is 10.7 Å². The Morgan fingerprint density at radius 3 is 3.40 bits per heavy atom. The average molecular weight is 289 g/mol. The standard InChI is InChI=1S/C10H13BrN2OS/c1-2-13-9(7(11)5-12-13)10-3-4-15-6-8(10)14-10/h5,8H,2-4,6H2,1H3/t8-,10+/m0/s1. The van der Waals surface area contributed by atoms with Gasteiger partial charge in [0.15, 0.2) is 0 Å². The van der Waals surface area contributed by atoms with Gasteiger partial charge in [-0.15, -0.1) is 0 Å². The zero-order chi connectivity index (χ0) is 10.5. The van der Waals surface area contributed by atoms with Crippen molar-refractivity contribution >= 4 is 27.7 Å². The predicted octanol–water partition coefficient (Wildman–Crippen LogP) is 2.40. The maximum absolute atomic E-state index is 5.92. The van der Waals surface area contributed by atoms with Crippen molar-refractivity contribution in [2.45, 2.75) is 31.6 Å². The van der Waals surface area contributed by atoms with E-state index in [1.165, 1.54) is 11.4 Å². The summed E-state index contributed by atoms with van der Waals surface area (Å²) in [6.45, 7) is 3.03. The summed E-state index contributed by atoms with van der Waals surface area (Å²) in [4.78, 5) is 0. The molecule has 1 aromatic heterocycles. The van der Waals surface area contributed by atoms with E-state index < -0.39 is 0 Å². The van der Waals surface area contributed by atoms with Gasteiger partial charge in [-0.05, 0) is 35.0 Å². The largest absolute Gasteiger partial charge is 0.358 e. The van der Waals surface area contributed by atoms with Crippen molar-refractivity contribution < 1.29 is 4.74 Å². The molecule has 2 fully saturated rings. The van der Waals surface area contributed by atoms with E-state index in [-0.39, 0.29) is 5.60 Å². The van der Waals surface area contributed by atoms with Crippen molar-refractivity contribution in [3.63, 3.8) is 0 Å². The molecule has 0 N–H and O–H groups in total. The fraction of sp³-hybridized carbons (Fsp3) is 0.700. The molecule has 2 aliphatic heterocycles. The van der Waals surface area contributed by atoms with Crippen LogP contribution in [0.5, 0.6) is 0 Å². The van der Waals surface area contributed by atoms with E-state index in [2.05, 4.69) is 32.6 Å². The number of nitrogens with zero attached hydrogens (tertiary/aromatic N) is 2. The Kier molecular flexibility index (Phi) is 2.37. The predicted molar refractivity (Wildman–Crippen MR) is 64.1 cm³/mol. The molecule has 0 unspecified atom stereocenters. The van der Waals surface area contributed by atoms with Crippen molar-refractivity contribution in [2.24, 2.45) is 0 Å². The zero-order valence-electron chi connectivity index (χ0n) is 8.57. The summed E-state index contributed by atoms with van der Waals surface area (Å²) in [5, 5.41) is 4.36. The van der Waals surface area contributed by atoms with Crippen molar-refractivity contribution in [3.05, 3.63) is 16.4 Å². The second-order valence-corrected chi connectivity index (χ2v) is 5.98. The fourth-order valence-corrected chi connectivity index (χ4v) is 4.17. The lowest BCUT2D eigenvalue weighted by Crippen LogP contribution is -2.24. The molecular weight excluding hydrogens is 276 g/mol. The number of ether oxygens (including phenoxy) is 1. The molecule has 15 heavy (non-hydrogen) atoms. The average Bonchev–Trinajstić information content (AvgIpc) is 2.87. The summed E-state index contributed by atoms with van der Waals surface area (Å²) in [5.74, 6) is 2.32.